The Bertz CT molecular complexity index is 943. The zero-order chi connectivity index (χ0) is 24.3. The van der Waals surface area contributed by atoms with E-state index in [9.17, 15) is 9.59 Å². The molecule has 2 heterocycles. The number of hydrogen-bond donors (Lipinski definition) is 1. The molecule has 186 valence electrons. The van der Waals surface area contributed by atoms with E-state index in [1.165, 1.54) is 0 Å². The van der Waals surface area contributed by atoms with Gasteiger partial charge >= 0.3 is 6.09 Å². The molecule has 2 amide bonds. The van der Waals surface area contributed by atoms with Crippen LogP contribution in [0.25, 0.3) is 5.57 Å². The van der Waals surface area contributed by atoms with Crippen LogP contribution in [-0.2, 0) is 19.0 Å². The minimum atomic E-state index is -0.729. The highest BCUT2D eigenvalue weighted by molar-refractivity contribution is 6.24. The molecule has 1 aromatic carbocycles. The quantitative estimate of drug-likeness (QED) is 0.623. The minimum absolute atomic E-state index is 0.0252. The van der Waals surface area contributed by atoms with Gasteiger partial charge in [-0.1, -0.05) is 31.0 Å². The number of morpholine rings is 1. The van der Waals surface area contributed by atoms with Gasteiger partial charge in [-0.2, -0.15) is 0 Å². The number of amides is 2. The summed E-state index contributed by atoms with van der Waals surface area (Å²) in [5, 5.41) is 3.25. The molecular formula is C27H38N2O5. The van der Waals surface area contributed by atoms with Gasteiger partial charge in [-0.3, -0.25) is 4.79 Å². The normalized spacial score (nSPS) is 25.1. The summed E-state index contributed by atoms with van der Waals surface area (Å²) in [7, 11) is 0. The molecule has 1 spiro atoms. The number of benzene rings is 1. The number of aryl methyl sites for hydroxylation is 3. The number of rotatable bonds is 6. The summed E-state index contributed by atoms with van der Waals surface area (Å²) in [5.74, 6) is 0.293. The average molecular weight is 471 g/mol. The highest BCUT2D eigenvalue weighted by Crippen LogP contribution is 2.45. The van der Waals surface area contributed by atoms with E-state index in [2.05, 4.69) is 24.4 Å². The summed E-state index contributed by atoms with van der Waals surface area (Å²) in [4.78, 5) is 28.4. The molecule has 3 aliphatic rings. The van der Waals surface area contributed by atoms with Crippen LogP contribution in [0.3, 0.4) is 0 Å². The van der Waals surface area contributed by atoms with Crippen LogP contribution in [0.4, 0.5) is 4.79 Å². The third-order valence-corrected chi connectivity index (χ3v) is 7.18. The highest BCUT2D eigenvalue weighted by atomic mass is 16.6. The summed E-state index contributed by atoms with van der Waals surface area (Å²) < 4.78 is 17.7. The van der Waals surface area contributed by atoms with Crippen molar-refractivity contribution in [2.75, 3.05) is 32.9 Å². The maximum absolute atomic E-state index is 13.5. The third-order valence-electron chi connectivity index (χ3n) is 7.18. The fourth-order valence-corrected chi connectivity index (χ4v) is 5.61. The van der Waals surface area contributed by atoms with Crippen LogP contribution in [0.15, 0.2) is 17.9 Å². The second-order valence-corrected chi connectivity index (χ2v) is 9.92. The molecule has 7 heteroatoms. The van der Waals surface area contributed by atoms with E-state index in [0.29, 0.717) is 50.7 Å². The molecule has 0 radical (unpaired) electrons. The lowest BCUT2D eigenvalue weighted by atomic mass is 9.78. The van der Waals surface area contributed by atoms with Crippen LogP contribution in [0, 0.1) is 20.8 Å². The van der Waals surface area contributed by atoms with Crippen molar-refractivity contribution in [1.29, 1.82) is 0 Å². The first-order valence-electron chi connectivity index (χ1n) is 12.7. The van der Waals surface area contributed by atoms with Crippen LogP contribution in [0.2, 0.25) is 0 Å². The molecule has 4 rings (SSSR count). The van der Waals surface area contributed by atoms with Gasteiger partial charge in [0, 0.05) is 26.1 Å². The van der Waals surface area contributed by atoms with E-state index < -0.39 is 11.6 Å². The van der Waals surface area contributed by atoms with E-state index in [0.717, 1.165) is 54.4 Å². The predicted molar refractivity (Wildman–Crippen MR) is 130 cm³/mol. The molecule has 1 saturated carbocycles. The summed E-state index contributed by atoms with van der Waals surface area (Å²) in [5.41, 5.74) is 3.77. The Morgan fingerprint density at radius 3 is 2.59 bits per heavy atom. The van der Waals surface area contributed by atoms with Crippen LogP contribution in [0.5, 0.6) is 0 Å². The highest BCUT2D eigenvalue weighted by Gasteiger charge is 2.51. The molecule has 7 nitrogen and oxygen atoms in total. The molecule has 0 unspecified atom stereocenters. The topological polar surface area (TPSA) is 77.1 Å². The van der Waals surface area contributed by atoms with E-state index in [1.54, 1.807) is 4.90 Å². The van der Waals surface area contributed by atoms with Crippen molar-refractivity contribution in [3.63, 3.8) is 0 Å². The van der Waals surface area contributed by atoms with Crippen LogP contribution < -0.4 is 5.32 Å². The zero-order valence-electron chi connectivity index (χ0n) is 21.0. The number of ether oxygens (including phenoxy) is 3. The van der Waals surface area contributed by atoms with Gasteiger partial charge in [0.2, 0.25) is 0 Å². The fraction of sp³-hybridized carbons (Fsp3) is 0.630. The third kappa shape index (κ3) is 5.01. The molecule has 1 N–H and O–H groups in total. The average Bonchev–Trinajstić information content (AvgIpc) is 3.04. The molecular weight excluding hydrogens is 432 g/mol. The molecule has 2 aliphatic heterocycles. The predicted octanol–water partition coefficient (Wildman–Crippen LogP) is 4.42. The van der Waals surface area contributed by atoms with Gasteiger partial charge in [0.05, 0.1) is 24.9 Å². The number of hydrogen-bond acceptors (Lipinski definition) is 5. The summed E-state index contributed by atoms with van der Waals surface area (Å²) >= 11 is 0. The Hall–Kier alpha value is -2.38. The second kappa shape index (κ2) is 10.5. The lowest BCUT2D eigenvalue weighted by Gasteiger charge is -2.39. The Kier molecular flexibility index (Phi) is 7.63. The van der Waals surface area contributed by atoms with Gasteiger partial charge < -0.3 is 24.4 Å². The standard InChI is InChI=1S/C27H38N2O5/c1-5-6-12-33-21-8-7-9-27(17-21)24(34-26(31)29-10-13-32-14-11-29)23(25(30)28-27)22-19(3)15-18(2)16-20(22)4/h15-16,21H,5-14,17H2,1-4H3,(H,28,30)/t21-,27-/m1/s1. The van der Waals surface area contributed by atoms with Crippen LogP contribution >= 0.6 is 0 Å². The number of unbranched alkanes of at least 4 members (excludes halogenated alkanes) is 1. The van der Waals surface area contributed by atoms with E-state index in [1.807, 2.05) is 20.8 Å². The van der Waals surface area contributed by atoms with Crippen LogP contribution in [-0.4, -0.2) is 61.5 Å². The van der Waals surface area contributed by atoms with Crippen molar-refractivity contribution in [1.82, 2.24) is 10.2 Å². The SMILES string of the molecule is CCCCO[C@@H]1CCC[C@]2(C1)NC(=O)C(c1c(C)cc(C)cc1C)=C2OC(=O)N1CCOCC1. The number of carbonyl (C=O) groups excluding carboxylic acids is 2. The molecule has 0 bridgehead atoms. The minimum Gasteiger partial charge on any atom is -0.411 e. The van der Waals surface area contributed by atoms with Gasteiger partial charge in [0.15, 0.2) is 0 Å². The molecule has 34 heavy (non-hydrogen) atoms. The van der Waals surface area contributed by atoms with Crippen molar-refractivity contribution in [2.45, 2.75) is 77.9 Å². The molecule has 0 aromatic heterocycles. The van der Waals surface area contributed by atoms with Crippen molar-refractivity contribution in [2.24, 2.45) is 0 Å². The zero-order valence-corrected chi connectivity index (χ0v) is 21.0. The van der Waals surface area contributed by atoms with Gasteiger partial charge in [-0.25, -0.2) is 4.79 Å². The van der Waals surface area contributed by atoms with Crippen molar-refractivity contribution < 1.29 is 23.8 Å². The molecule has 2 atom stereocenters. The van der Waals surface area contributed by atoms with Gasteiger partial charge in [0.1, 0.15) is 11.3 Å². The number of nitrogens with one attached hydrogen (secondary N) is 1. The van der Waals surface area contributed by atoms with Gasteiger partial charge in [-0.15, -0.1) is 0 Å². The largest absolute Gasteiger partial charge is 0.415 e. The first kappa shape index (κ1) is 24.7. The summed E-state index contributed by atoms with van der Waals surface area (Å²) in [6, 6.07) is 4.15. The van der Waals surface area contributed by atoms with E-state index >= 15 is 0 Å². The second-order valence-electron chi connectivity index (χ2n) is 9.92. The molecule has 2 fully saturated rings. The van der Waals surface area contributed by atoms with Crippen molar-refractivity contribution in [3.05, 3.63) is 40.1 Å². The first-order valence-corrected chi connectivity index (χ1v) is 12.7. The van der Waals surface area contributed by atoms with Gasteiger partial charge in [0.25, 0.3) is 5.91 Å². The number of carbonyl (C=O) groups is 2. The maximum atomic E-state index is 13.5. The monoisotopic (exact) mass is 470 g/mol. The first-order chi connectivity index (χ1) is 16.3. The Balaban J connectivity index is 1.74. The lowest BCUT2D eigenvalue weighted by Crippen LogP contribution is -2.51. The van der Waals surface area contributed by atoms with Crippen LogP contribution in [0.1, 0.15) is 67.7 Å². The van der Waals surface area contributed by atoms with Crippen molar-refractivity contribution in [3.8, 4) is 0 Å². The Labute approximate surface area is 202 Å². The number of nitrogens with zero attached hydrogens (tertiary/aromatic N) is 1. The van der Waals surface area contributed by atoms with Gasteiger partial charge in [-0.05, 0) is 63.1 Å². The Morgan fingerprint density at radius 1 is 1.21 bits per heavy atom. The Morgan fingerprint density at radius 2 is 1.91 bits per heavy atom. The molecule has 1 saturated heterocycles. The van der Waals surface area contributed by atoms with Crippen molar-refractivity contribution >= 4 is 17.6 Å². The molecule has 1 aromatic rings. The fourth-order valence-electron chi connectivity index (χ4n) is 5.61. The summed E-state index contributed by atoms with van der Waals surface area (Å²) in [6.45, 7) is 10.9. The summed E-state index contributed by atoms with van der Waals surface area (Å²) in [6.07, 6.45) is 4.89. The lowest BCUT2D eigenvalue weighted by molar-refractivity contribution is -0.117. The smallest absolute Gasteiger partial charge is 0.411 e. The maximum Gasteiger partial charge on any atom is 0.415 e. The van der Waals surface area contributed by atoms with E-state index in [-0.39, 0.29) is 12.0 Å². The van der Waals surface area contributed by atoms with E-state index in [4.69, 9.17) is 14.2 Å². The molecule has 1 aliphatic carbocycles.